The Balaban J connectivity index is 1.33. The predicted molar refractivity (Wildman–Crippen MR) is 139 cm³/mol. The van der Waals surface area contributed by atoms with Crippen LogP contribution in [0.5, 0.6) is 0 Å². The lowest BCUT2D eigenvalue weighted by molar-refractivity contribution is 0.223. The maximum atomic E-state index is 9.40. The van der Waals surface area contributed by atoms with Gasteiger partial charge in [-0.05, 0) is 49.2 Å². The first-order valence-corrected chi connectivity index (χ1v) is 11.1. The van der Waals surface area contributed by atoms with Gasteiger partial charge in [0.2, 0.25) is 23.8 Å². The van der Waals surface area contributed by atoms with Crippen LogP contribution in [0.4, 0.5) is 35.2 Å². The van der Waals surface area contributed by atoms with Crippen molar-refractivity contribution >= 4 is 47.3 Å². The molecule has 0 aliphatic rings. The number of nitrogens with one attached hydrogen (secondary N) is 4. The van der Waals surface area contributed by atoms with Crippen molar-refractivity contribution in [2.24, 2.45) is 0 Å². The smallest absolute Gasteiger partial charge is 0.231 e. The SMILES string of the molecule is CC(O)Nc1ncnc(Nc2ccc(C=Cc3ccc(Nc4ncnc(NC(C)O)n4)cc3)cc2)n1. The van der Waals surface area contributed by atoms with Gasteiger partial charge in [0.05, 0.1) is 0 Å². The molecule has 0 amide bonds. The number of rotatable bonds is 10. The third kappa shape index (κ3) is 7.41. The van der Waals surface area contributed by atoms with Crippen LogP contribution in [0.1, 0.15) is 25.0 Å². The maximum Gasteiger partial charge on any atom is 0.231 e. The number of aliphatic hydroxyl groups is 2. The average molecular weight is 487 g/mol. The van der Waals surface area contributed by atoms with E-state index in [0.717, 1.165) is 22.5 Å². The van der Waals surface area contributed by atoms with Crippen molar-refractivity contribution in [3.8, 4) is 0 Å². The highest BCUT2D eigenvalue weighted by molar-refractivity contribution is 5.72. The predicted octanol–water partition coefficient (Wildman–Crippen LogP) is 3.21. The van der Waals surface area contributed by atoms with E-state index in [4.69, 9.17) is 0 Å². The number of hydrogen-bond donors (Lipinski definition) is 6. The summed E-state index contributed by atoms with van der Waals surface area (Å²) in [6.45, 7) is 3.17. The van der Waals surface area contributed by atoms with Crippen LogP contribution in [0.25, 0.3) is 12.2 Å². The molecular formula is C24H26N10O2. The van der Waals surface area contributed by atoms with E-state index in [1.54, 1.807) is 13.8 Å². The van der Waals surface area contributed by atoms with Crippen LogP contribution in [0.15, 0.2) is 61.2 Å². The van der Waals surface area contributed by atoms with E-state index in [0.29, 0.717) is 11.9 Å². The van der Waals surface area contributed by atoms with E-state index in [9.17, 15) is 10.2 Å². The lowest BCUT2D eigenvalue weighted by atomic mass is 10.1. The fraction of sp³-hybridized carbons (Fsp3) is 0.167. The standard InChI is InChI=1S/C24H26N10O2/c1-15(35)29-21-25-13-27-23(33-21)31-19-9-5-17(6-10-19)3-4-18-7-11-20(12-8-18)32-24-28-14-26-22(34-24)30-16(2)36/h3-16,35-36H,1-2H3,(H2,25,27,29,31,33)(H2,26,28,30,32,34). The van der Waals surface area contributed by atoms with Crippen LogP contribution in [0.2, 0.25) is 0 Å². The number of nitrogens with zero attached hydrogens (tertiary/aromatic N) is 6. The molecule has 0 spiro atoms. The Labute approximate surface area is 207 Å². The monoisotopic (exact) mass is 486 g/mol. The zero-order valence-electron chi connectivity index (χ0n) is 19.7. The van der Waals surface area contributed by atoms with Gasteiger partial charge >= 0.3 is 0 Å². The summed E-state index contributed by atoms with van der Waals surface area (Å²) in [5.41, 5.74) is 3.69. The largest absolute Gasteiger partial charge is 0.374 e. The van der Waals surface area contributed by atoms with Crippen molar-refractivity contribution in [3.05, 3.63) is 72.3 Å². The molecule has 184 valence electrons. The molecule has 4 rings (SSSR count). The quantitative estimate of drug-likeness (QED) is 0.143. The Morgan fingerprint density at radius 3 is 1.31 bits per heavy atom. The van der Waals surface area contributed by atoms with Crippen molar-refractivity contribution in [2.75, 3.05) is 21.3 Å². The highest BCUT2D eigenvalue weighted by Gasteiger charge is 2.05. The topological polar surface area (TPSA) is 166 Å². The maximum absolute atomic E-state index is 9.40. The summed E-state index contributed by atoms with van der Waals surface area (Å²) < 4.78 is 0. The summed E-state index contributed by atoms with van der Waals surface area (Å²) in [5, 5.41) is 30.5. The Hall–Kier alpha value is -4.68. The lowest BCUT2D eigenvalue weighted by Crippen LogP contribution is -2.16. The van der Waals surface area contributed by atoms with E-state index in [-0.39, 0.29) is 11.9 Å². The highest BCUT2D eigenvalue weighted by Crippen LogP contribution is 2.18. The minimum absolute atomic E-state index is 0.287. The first kappa shape index (κ1) is 24.4. The molecule has 2 unspecified atom stereocenters. The van der Waals surface area contributed by atoms with Gasteiger partial charge in [-0.15, -0.1) is 0 Å². The van der Waals surface area contributed by atoms with Gasteiger partial charge < -0.3 is 31.5 Å². The molecule has 0 bridgehead atoms. The van der Waals surface area contributed by atoms with Gasteiger partial charge in [-0.1, -0.05) is 36.4 Å². The van der Waals surface area contributed by atoms with Crippen molar-refractivity contribution in [3.63, 3.8) is 0 Å². The third-order valence-corrected chi connectivity index (χ3v) is 4.62. The Morgan fingerprint density at radius 1 is 0.583 bits per heavy atom. The summed E-state index contributed by atoms with van der Waals surface area (Å²) in [5.74, 6) is 1.32. The zero-order chi connectivity index (χ0) is 25.3. The van der Waals surface area contributed by atoms with Crippen LogP contribution in [0.3, 0.4) is 0 Å². The summed E-state index contributed by atoms with van der Waals surface area (Å²) in [6, 6.07) is 15.6. The molecule has 0 saturated heterocycles. The fourth-order valence-corrected chi connectivity index (χ4v) is 3.03. The molecular weight excluding hydrogens is 460 g/mol. The fourth-order valence-electron chi connectivity index (χ4n) is 3.03. The second-order valence-electron chi connectivity index (χ2n) is 7.73. The van der Waals surface area contributed by atoms with E-state index in [1.807, 2.05) is 60.7 Å². The Bertz CT molecular complexity index is 1190. The Kier molecular flexibility index (Phi) is 7.90. The number of aromatic nitrogens is 6. The van der Waals surface area contributed by atoms with E-state index in [1.165, 1.54) is 12.7 Å². The molecule has 2 atom stereocenters. The summed E-state index contributed by atoms with van der Waals surface area (Å²) >= 11 is 0. The van der Waals surface area contributed by atoms with Gasteiger partial charge in [0.25, 0.3) is 0 Å². The van der Waals surface area contributed by atoms with Gasteiger partial charge in [0.15, 0.2) is 0 Å². The molecule has 4 aromatic rings. The second kappa shape index (κ2) is 11.6. The summed E-state index contributed by atoms with van der Waals surface area (Å²) in [6.07, 6.45) is 5.24. The molecule has 36 heavy (non-hydrogen) atoms. The molecule has 0 radical (unpaired) electrons. The average Bonchev–Trinajstić information content (AvgIpc) is 2.84. The molecule has 6 N–H and O–H groups in total. The number of benzene rings is 2. The molecule has 12 nitrogen and oxygen atoms in total. The molecule has 0 fully saturated rings. The summed E-state index contributed by atoms with van der Waals surface area (Å²) in [7, 11) is 0. The van der Waals surface area contributed by atoms with Crippen LogP contribution in [0, 0.1) is 0 Å². The summed E-state index contributed by atoms with van der Waals surface area (Å²) in [4.78, 5) is 24.5. The van der Waals surface area contributed by atoms with E-state index < -0.39 is 12.5 Å². The van der Waals surface area contributed by atoms with Gasteiger partial charge in [-0.25, -0.2) is 19.9 Å². The first-order chi connectivity index (χ1) is 17.4. The third-order valence-electron chi connectivity index (χ3n) is 4.62. The second-order valence-corrected chi connectivity index (χ2v) is 7.73. The van der Waals surface area contributed by atoms with Crippen molar-refractivity contribution in [2.45, 2.75) is 26.3 Å². The normalized spacial score (nSPS) is 12.7. The van der Waals surface area contributed by atoms with Crippen molar-refractivity contribution in [1.82, 2.24) is 29.9 Å². The molecule has 2 aromatic carbocycles. The van der Waals surface area contributed by atoms with Gasteiger partial charge in [0.1, 0.15) is 25.1 Å². The van der Waals surface area contributed by atoms with Crippen LogP contribution >= 0.6 is 0 Å². The van der Waals surface area contributed by atoms with E-state index in [2.05, 4.69) is 51.2 Å². The lowest BCUT2D eigenvalue weighted by Gasteiger charge is -2.09. The highest BCUT2D eigenvalue weighted by atomic mass is 16.3. The van der Waals surface area contributed by atoms with Gasteiger partial charge in [0, 0.05) is 11.4 Å². The molecule has 2 aromatic heterocycles. The van der Waals surface area contributed by atoms with Gasteiger partial charge in [-0.3, -0.25) is 0 Å². The zero-order valence-corrected chi connectivity index (χ0v) is 19.7. The molecule has 0 aliphatic heterocycles. The molecule has 0 saturated carbocycles. The molecule has 0 aliphatic carbocycles. The minimum Gasteiger partial charge on any atom is -0.374 e. The van der Waals surface area contributed by atoms with Crippen LogP contribution in [-0.4, -0.2) is 52.6 Å². The van der Waals surface area contributed by atoms with Crippen LogP contribution < -0.4 is 21.3 Å². The number of hydrogen-bond acceptors (Lipinski definition) is 12. The van der Waals surface area contributed by atoms with Crippen LogP contribution in [-0.2, 0) is 0 Å². The molecule has 2 heterocycles. The van der Waals surface area contributed by atoms with Crippen molar-refractivity contribution < 1.29 is 10.2 Å². The number of aliphatic hydroxyl groups excluding tert-OH is 2. The number of anilines is 6. The van der Waals surface area contributed by atoms with E-state index >= 15 is 0 Å². The van der Waals surface area contributed by atoms with Gasteiger partial charge in [-0.2, -0.15) is 9.97 Å². The molecule has 12 heteroatoms. The minimum atomic E-state index is -0.763. The van der Waals surface area contributed by atoms with Crippen molar-refractivity contribution in [1.29, 1.82) is 0 Å². The first-order valence-electron chi connectivity index (χ1n) is 11.1. The Morgan fingerprint density at radius 2 is 0.944 bits per heavy atom.